The summed E-state index contributed by atoms with van der Waals surface area (Å²) in [5.74, 6) is 3.15. The molecule has 1 saturated carbocycles. The number of nitrogens with one attached hydrogen (secondary N) is 1. The van der Waals surface area contributed by atoms with Crippen LogP contribution in [0.2, 0.25) is 0 Å². The highest BCUT2D eigenvalue weighted by molar-refractivity contribution is 5.90. The fourth-order valence-electron chi connectivity index (χ4n) is 2.96. The molecule has 0 saturated heterocycles. The van der Waals surface area contributed by atoms with Gasteiger partial charge < -0.3 is 19.3 Å². The standard InChI is InChI=1S/C18H22N2O4/c1-11-8-17(20-24-11)19-18(21)10-14(12-4-5-12)13-6-7-15(22-2)16(9-13)23-3/h6-9,12,14H,4-5,10H2,1-3H3,(H,19,20,21). The molecule has 6 heteroatoms. The SMILES string of the molecule is COc1ccc(C(CC(=O)Nc2cc(C)on2)C2CC2)cc1OC. The van der Waals surface area contributed by atoms with Gasteiger partial charge in [0.05, 0.1) is 14.2 Å². The van der Waals surface area contributed by atoms with Crippen molar-refractivity contribution in [2.45, 2.75) is 32.1 Å². The van der Waals surface area contributed by atoms with Crippen molar-refractivity contribution < 1.29 is 18.8 Å². The summed E-state index contributed by atoms with van der Waals surface area (Å²) in [6.45, 7) is 1.79. The van der Waals surface area contributed by atoms with Crippen LogP contribution in [-0.2, 0) is 4.79 Å². The summed E-state index contributed by atoms with van der Waals surface area (Å²) >= 11 is 0. The van der Waals surface area contributed by atoms with Gasteiger partial charge in [0.25, 0.3) is 0 Å². The van der Waals surface area contributed by atoms with E-state index in [2.05, 4.69) is 10.5 Å². The Morgan fingerprint density at radius 2 is 2.04 bits per heavy atom. The zero-order valence-electron chi connectivity index (χ0n) is 14.2. The van der Waals surface area contributed by atoms with Crippen molar-refractivity contribution in [3.05, 3.63) is 35.6 Å². The van der Waals surface area contributed by atoms with Crippen LogP contribution in [0.4, 0.5) is 5.82 Å². The van der Waals surface area contributed by atoms with E-state index in [1.165, 1.54) is 0 Å². The predicted molar refractivity (Wildman–Crippen MR) is 89.5 cm³/mol. The van der Waals surface area contributed by atoms with Gasteiger partial charge in [-0.2, -0.15) is 0 Å². The molecule has 128 valence electrons. The average molecular weight is 330 g/mol. The molecule has 1 heterocycles. The molecule has 1 aliphatic carbocycles. The highest BCUT2D eigenvalue weighted by atomic mass is 16.5. The van der Waals surface area contributed by atoms with Gasteiger partial charge in [-0.3, -0.25) is 4.79 Å². The van der Waals surface area contributed by atoms with Crippen LogP contribution in [0, 0.1) is 12.8 Å². The van der Waals surface area contributed by atoms with Crippen LogP contribution in [0.3, 0.4) is 0 Å². The third-order valence-corrected chi connectivity index (χ3v) is 4.33. The van der Waals surface area contributed by atoms with Crippen LogP contribution in [-0.4, -0.2) is 25.3 Å². The highest BCUT2D eigenvalue weighted by Crippen LogP contribution is 2.46. The Morgan fingerprint density at radius 1 is 1.29 bits per heavy atom. The van der Waals surface area contributed by atoms with E-state index in [0.29, 0.717) is 35.4 Å². The normalized spacial score (nSPS) is 15.0. The number of carbonyl (C=O) groups excluding carboxylic acids is 1. The van der Waals surface area contributed by atoms with Crippen molar-refractivity contribution in [2.24, 2.45) is 5.92 Å². The van der Waals surface area contributed by atoms with Crippen molar-refractivity contribution in [3.8, 4) is 11.5 Å². The Balaban J connectivity index is 1.74. The smallest absolute Gasteiger partial charge is 0.226 e. The number of amides is 1. The van der Waals surface area contributed by atoms with E-state index < -0.39 is 0 Å². The molecule has 0 spiro atoms. The van der Waals surface area contributed by atoms with Gasteiger partial charge in [-0.25, -0.2) is 0 Å². The Bertz CT molecular complexity index is 722. The monoisotopic (exact) mass is 330 g/mol. The van der Waals surface area contributed by atoms with E-state index >= 15 is 0 Å². The van der Waals surface area contributed by atoms with Gasteiger partial charge in [0.1, 0.15) is 5.76 Å². The minimum Gasteiger partial charge on any atom is -0.493 e. The molecule has 0 aliphatic heterocycles. The van der Waals surface area contributed by atoms with Gasteiger partial charge in [0, 0.05) is 12.5 Å². The van der Waals surface area contributed by atoms with E-state index in [0.717, 1.165) is 18.4 Å². The summed E-state index contributed by atoms with van der Waals surface area (Å²) < 4.78 is 15.6. The third kappa shape index (κ3) is 3.69. The molecule has 3 rings (SSSR count). The molecule has 1 atom stereocenters. The summed E-state index contributed by atoms with van der Waals surface area (Å²) in [5.41, 5.74) is 1.10. The van der Waals surface area contributed by atoms with Crippen molar-refractivity contribution in [3.63, 3.8) is 0 Å². The first-order valence-electron chi connectivity index (χ1n) is 8.05. The van der Waals surface area contributed by atoms with Gasteiger partial charge >= 0.3 is 0 Å². The van der Waals surface area contributed by atoms with E-state index in [-0.39, 0.29) is 11.8 Å². The number of aryl methyl sites for hydroxylation is 1. The van der Waals surface area contributed by atoms with Gasteiger partial charge in [-0.15, -0.1) is 0 Å². The molecule has 1 N–H and O–H groups in total. The minimum absolute atomic E-state index is 0.0602. The molecule has 1 aromatic carbocycles. The lowest BCUT2D eigenvalue weighted by molar-refractivity contribution is -0.116. The van der Waals surface area contributed by atoms with E-state index in [4.69, 9.17) is 14.0 Å². The highest BCUT2D eigenvalue weighted by Gasteiger charge is 2.34. The zero-order valence-corrected chi connectivity index (χ0v) is 14.2. The number of hydrogen-bond acceptors (Lipinski definition) is 5. The molecular weight excluding hydrogens is 308 g/mol. The van der Waals surface area contributed by atoms with Crippen molar-refractivity contribution >= 4 is 11.7 Å². The quantitative estimate of drug-likeness (QED) is 0.841. The number of ether oxygens (including phenoxy) is 2. The molecule has 0 radical (unpaired) electrons. The molecule has 1 amide bonds. The second-order valence-corrected chi connectivity index (χ2v) is 6.13. The van der Waals surface area contributed by atoms with Crippen LogP contribution >= 0.6 is 0 Å². The number of nitrogens with zero attached hydrogens (tertiary/aromatic N) is 1. The maximum atomic E-state index is 12.4. The van der Waals surface area contributed by atoms with Crippen LogP contribution in [0.5, 0.6) is 11.5 Å². The predicted octanol–water partition coefficient (Wildman–Crippen LogP) is 3.52. The van der Waals surface area contributed by atoms with E-state index in [1.807, 2.05) is 18.2 Å². The second kappa shape index (κ2) is 6.95. The minimum atomic E-state index is -0.0602. The number of carbonyl (C=O) groups is 1. The van der Waals surface area contributed by atoms with Crippen molar-refractivity contribution in [1.29, 1.82) is 0 Å². The molecule has 6 nitrogen and oxygen atoms in total. The van der Waals surface area contributed by atoms with Crippen LogP contribution in [0.25, 0.3) is 0 Å². The lowest BCUT2D eigenvalue weighted by Crippen LogP contribution is -2.17. The summed E-state index contributed by atoms with van der Waals surface area (Å²) in [6, 6.07) is 7.58. The first-order chi connectivity index (χ1) is 11.6. The second-order valence-electron chi connectivity index (χ2n) is 6.13. The van der Waals surface area contributed by atoms with Gasteiger partial charge in [-0.05, 0) is 49.3 Å². The Kier molecular flexibility index (Phi) is 4.74. The molecule has 24 heavy (non-hydrogen) atoms. The lowest BCUT2D eigenvalue weighted by atomic mass is 9.90. The number of benzene rings is 1. The topological polar surface area (TPSA) is 73.6 Å². The first kappa shape index (κ1) is 16.4. The number of rotatable bonds is 7. The molecule has 1 unspecified atom stereocenters. The molecule has 1 aliphatic rings. The average Bonchev–Trinajstić information content (AvgIpc) is 3.34. The van der Waals surface area contributed by atoms with Crippen molar-refractivity contribution in [1.82, 2.24) is 5.16 Å². The zero-order chi connectivity index (χ0) is 17.1. The van der Waals surface area contributed by atoms with Crippen LogP contribution in [0.1, 0.15) is 36.5 Å². The molecule has 1 aromatic heterocycles. The molecule has 0 bridgehead atoms. The maximum Gasteiger partial charge on any atom is 0.226 e. The summed E-state index contributed by atoms with van der Waals surface area (Å²) in [7, 11) is 3.23. The van der Waals surface area contributed by atoms with Crippen LogP contribution < -0.4 is 14.8 Å². The van der Waals surface area contributed by atoms with Gasteiger partial charge in [0.15, 0.2) is 17.3 Å². The van der Waals surface area contributed by atoms with Crippen molar-refractivity contribution in [2.75, 3.05) is 19.5 Å². The fraction of sp³-hybridized carbons (Fsp3) is 0.444. The summed E-state index contributed by atoms with van der Waals surface area (Å²) in [6.07, 6.45) is 2.71. The fourth-order valence-corrected chi connectivity index (χ4v) is 2.96. The lowest BCUT2D eigenvalue weighted by Gasteiger charge is -2.18. The Hall–Kier alpha value is -2.50. The number of hydrogen-bond donors (Lipinski definition) is 1. The Morgan fingerprint density at radius 3 is 2.62 bits per heavy atom. The van der Waals surface area contributed by atoms with Crippen LogP contribution in [0.15, 0.2) is 28.8 Å². The third-order valence-electron chi connectivity index (χ3n) is 4.33. The largest absolute Gasteiger partial charge is 0.493 e. The maximum absolute atomic E-state index is 12.4. The first-order valence-corrected chi connectivity index (χ1v) is 8.05. The number of aromatic nitrogens is 1. The Labute approximate surface area is 141 Å². The number of anilines is 1. The number of methoxy groups -OCH3 is 2. The molecule has 1 fully saturated rings. The summed E-state index contributed by atoms with van der Waals surface area (Å²) in [4.78, 5) is 12.4. The summed E-state index contributed by atoms with van der Waals surface area (Å²) in [5, 5.41) is 6.60. The van der Waals surface area contributed by atoms with E-state index in [9.17, 15) is 4.79 Å². The van der Waals surface area contributed by atoms with Gasteiger partial charge in [0.2, 0.25) is 5.91 Å². The van der Waals surface area contributed by atoms with Gasteiger partial charge in [-0.1, -0.05) is 11.2 Å². The molecule has 2 aromatic rings. The molecular formula is C18H22N2O4. The van der Waals surface area contributed by atoms with E-state index in [1.54, 1.807) is 27.2 Å².